The number of rotatable bonds is 3. The molecule has 1 unspecified atom stereocenters. The minimum atomic E-state index is -0.470. The summed E-state index contributed by atoms with van der Waals surface area (Å²) in [7, 11) is 0. The minimum absolute atomic E-state index is 0.134. The van der Waals surface area contributed by atoms with Crippen molar-refractivity contribution >= 4 is 39.9 Å². The lowest BCUT2D eigenvalue weighted by atomic mass is 10.0. The molecule has 31 heavy (non-hydrogen) atoms. The van der Waals surface area contributed by atoms with Crippen molar-refractivity contribution < 1.29 is 18.7 Å². The summed E-state index contributed by atoms with van der Waals surface area (Å²) in [5.74, 6) is 1.18. The average Bonchev–Trinajstić information content (AvgIpc) is 3.39. The van der Waals surface area contributed by atoms with E-state index in [1.54, 1.807) is 11.8 Å². The van der Waals surface area contributed by atoms with Crippen LogP contribution in [0.1, 0.15) is 39.6 Å². The normalized spacial score (nSPS) is 17.4. The third-order valence-electron chi connectivity index (χ3n) is 5.40. The highest BCUT2D eigenvalue weighted by molar-refractivity contribution is 7.16. The molecule has 2 aliphatic rings. The lowest BCUT2D eigenvalue weighted by Gasteiger charge is -2.27. The Hall–Kier alpha value is -2.97. The van der Waals surface area contributed by atoms with Crippen LogP contribution in [0.4, 0.5) is 9.80 Å². The van der Waals surface area contributed by atoms with Crippen molar-refractivity contribution in [3.63, 3.8) is 0 Å². The lowest BCUT2D eigenvalue weighted by molar-refractivity contribution is 0.0929. The van der Waals surface area contributed by atoms with Crippen LogP contribution < -0.4 is 10.6 Å². The Labute approximate surface area is 187 Å². The molecule has 2 aromatic heterocycles. The molecule has 0 bridgehead atoms. The minimum Gasteiger partial charge on any atom is -0.457 e. The number of hydrogen-bond donors (Lipinski definition) is 2. The maximum atomic E-state index is 12.9. The van der Waals surface area contributed by atoms with Crippen LogP contribution in [0.5, 0.6) is 0 Å². The zero-order chi connectivity index (χ0) is 21.5. The Kier molecular flexibility index (Phi) is 5.11. The second-order valence-corrected chi connectivity index (χ2v) is 8.88. The fourth-order valence-corrected chi connectivity index (χ4v) is 5.32. The van der Waals surface area contributed by atoms with Crippen LogP contribution in [0.15, 0.2) is 40.8 Å². The van der Waals surface area contributed by atoms with Crippen molar-refractivity contribution in [2.24, 2.45) is 0 Å². The standard InChI is InChI=1S/C22H20ClN3O4S/c1-2-29-22(28)26-10-9-14-17(11-26)31-21-18(14)20(27)24-19(25-21)16-8-7-15(30-16)12-3-5-13(23)6-4-12/h3-8,19,25H,2,9-11H2,1H3,(H,24,27). The second kappa shape index (κ2) is 7.94. The molecule has 0 saturated heterocycles. The molecule has 0 spiro atoms. The van der Waals surface area contributed by atoms with Crippen LogP contribution in [-0.2, 0) is 17.7 Å². The number of anilines is 1. The molecule has 2 amide bonds. The number of nitrogens with zero attached hydrogens (tertiary/aromatic N) is 1. The largest absolute Gasteiger partial charge is 0.457 e. The first-order chi connectivity index (χ1) is 15.0. The van der Waals surface area contributed by atoms with E-state index in [1.165, 1.54) is 11.3 Å². The first-order valence-electron chi connectivity index (χ1n) is 10.0. The van der Waals surface area contributed by atoms with Crippen LogP contribution >= 0.6 is 22.9 Å². The van der Waals surface area contributed by atoms with Gasteiger partial charge in [-0.25, -0.2) is 4.79 Å². The highest BCUT2D eigenvalue weighted by Gasteiger charge is 2.35. The molecule has 0 fully saturated rings. The summed E-state index contributed by atoms with van der Waals surface area (Å²) in [6.45, 7) is 3.12. The van der Waals surface area contributed by atoms with Crippen LogP contribution in [0, 0.1) is 0 Å². The van der Waals surface area contributed by atoms with E-state index in [0.29, 0.717) is 48.2 Å². The molecule has 2 N–H and O–H groups in total. The molecule has 3 aromatic rings. The monoisotopic (exact) mass is 457 g/mol. The predicted molar refractivity (Wildman–Crippen MR) is 118 cm³/mol. The molecular formula is C22H20ClN3O4S. The Morgan fingerprint density at radius 3 is 2.84 bits per heavy atom. The van der Waals surface area contributed by atoms with Crippen LogP contribution in [-0.4, -0.2) is 30.1 Å². The number of nitrogens with one attached hydrogen (secondary N) is 2. The summed E-state index contributed by atoms with van der Waals surface area (Å²) >= 11 is 7.47. The summed E-state index contributed by atoms with van der Waals surface area (Å²) in [5, 5.41) is 7.83. The van der Waals surface area contributed by atoms with Gasteiger partial charge in [0.2, 0.25) is 0 Å². The smallest absolute Gasteiger partial charge is 0.410 e. The first-order valence-corrected chi connectivity index (χ1v) is 11.2. The molecule has 5 rings (SSSR count). The van der Waals surface area contributed by atoms with E-state index in [-0.39, 0.29) is 12.0 Å². The van der Waals surface area contributed by atoms with E-state index >= 15 is 0 Å². The predicted octanol–water partition coefficient (Wildman–Crippen LogP) is 5.03. The van der Waals surface area contributed by atoms with E-state index in [2.05, 4.69) is 10.6 Å². The van der Waals surface area contributed by atoms with Crippen molar-refractivity contribution in [3.05, 3.63) is 63.2 Å². The van der Waals surface area contributed by atoms with Gasteiger partial charge in [0.15, 0.2) is 6.17 Å². The zero-order valence-corrected chi connectivity index (χ0v) is 18.3. The molecule has 1 atom stereocenters. The van der Waals surface area contributed by atoms with E-state index in [1.807, 2.05) is 36.4 Å². The van der Waals surface area contributed by atoms with Gasteiger partial charge in [-0.15, -0.1) is 11.3 Å². The van der Waals surface area contributed by atoms with Gasteiger partial charge in [0.05, 0.1) is 18.7 Å². The molecular weight excluding hydrogens is 438 g/mol. The number of furan rings is 1. The molecule has 7 nitrogen and oxygen atoms in total. The number of fused-ring (bicyclic) bond motifs is 3. The maximum absolute atomic E-state index is 12.9. The SMILES string of the molecule is CCOC(=O)N1CCc2c(sc3c2C(=O)NC(c2ccc(-c4ccc(Cl)cc4)o2)N3)C1. The van der Waals surface area contributed by atoms with Crippen LogP contribution in [0.25, 0.3) is 11.3 Å². The molecule has 0 aliphatic carbocycles. The Bertz CT molecular complexity index is 1150. The molecule has 0 saturated carbocycles. The summed E-state index contributed by atoms with van der Waals surface area (Å²) < 4.78 is 11.1. The van der Waals surface area contributed by atoms with Gasteiger partial charge in [0.1, 0.15) is 16.5 Å². The molecule has 160 valence electrons. The van der Waals surface area contributed by atoms with Crippen molar-refractivity contribution in [2.45, 2.75) is 26.1 Å². The number of benzene rings is 1. The van der Waals surface area contributed by atoms with Gasteiger partial charge < -0.3 is 24.7 Å². The van der Waals surface area contributed by atoms with Gasteiger partial charge in [-0.3, -0.25) is 4.79 Å². The van der Waals surface area contributed by atoms with Crippen molar-refractivity contribution in [1.82, 2.24) is 10.2 Å². The Morgan fingerprint density at radius 1 is 1.26 bits per heavy atom. The maximum Gasteiger partial charge on any atom is 0.410 e. The number of amides is 2. The molecule has 1 aromatic carbocycles. The van der Waals surface area contributed by atoms with E-state index < -0.39 is 6.17 Å². The fraction of sp³-hybridized carbons (Fsp3) is 0.273. The number of thiophene rings is 1. The number of hydrogen-bond acceptors (Lipinski definition) is 6. The van der Waals surface area contributed by atoms with E-state index in [4.69, 9.17) is 20.8 Å². The highest BCUT2D eigenvalue weighted by Crippen LogP contribution is 2.41. The highest BCUT2D eigenvalue weighted by atomic mass is 35.5. The first kappa shape index (κ1) is 20.0. The van der Waals surface area contributed by atoms with Gasteiger partial charge >= 0.3 is 6.09 Å². The average molecular weight is 458 g/mol. The topological polar surface area (TPSA) is 83.8 Å². The van der Waals surface area contributed by atoms with Gasteiger partial charge in [0.25, 0.3) is 5.91 Å². The van der Waals surface area contributed by atoms with E-state index in [0.717, 1.165) is 21.0 Å². The van der Waals surface area contributed by atoms with Crippen LogP contribution in [0.3, 0.4) is 0 Å². The summed E-state index contributed by atoms with van der Waals surface area (Å²) in [6.07, 6.45) is -0.163. The third kappa shape index (κ3) is 3.66. The van der Waals surface area contributed by atoms with Gasteiger partial charge in [-0.1, -0.05) is 11.6 Å². The third-order valence-corrected chi connectivity index (χ3v) is 6.80. The molecule has 4 heterocycles. The van der Waals surface area contributed by atoms with Crippen LogP contribution in [0.2, 0.25) is 5.02 Å². The molecule has 2 aliphatic heterocycles. The molecule has 0 radical (unpaired) electrons. The van der Waals surface area contributed by atoms with Gasteiger partial charge in [-0.2, -0.15) is 0 Å². The van der Waals surface area contributed by atoms with Gasteiger partial charge in [-0.05, 0) is 55.3 Å². The van der Waals surface area contributed by atoms with Crippen molar-refractivity contribution in [2.75, 3.05) is 18.5 Å². The number of halogens is 1. The fourth-order valence-electron chi connectivity index (χ4n) is 3.91. The summed E-state index contributed by atoms with van der Waals surface area (Å²) in [6, 6.07) is 11.1. The lowest BCUT2D eigenvalue weighted by Crippen LogP contribution is -2.39. The zero-order valence-electron chi connectivity index (χ0n) is 16.7. The van der Waals surface area contributed by atoms with Crippen molar-refractivity contribution in [3.8, 4) is 11.3 Å². The Balaban J connectivity index is 1.38. The van der Waals surface area contributed by atoms with Gasteiger partial charge in [0, 0.05) is 22.0 Å². The quantitative estimate of drug-likeness (QED) is 0.576. The summed E-state index contributed by atoms with van der Waals surface area (Å²) in [4.78, 5) is 27.7. The Morgan fingerprint density at radius 2 is 2.06 bits per heavy atom. The van der Waals surface area contributed by atoms with Crippen molar-refractivity contribution in [1.29, 1.82) is 0 Å². The number of carbonyl (C=O) groups excluding carboxylic acids is 2. The number of ether oxygens (including phenoxy) is 1. The summed E-state index contributed by atoms with van der Waals surface area (Å²) in [5.41, 5.74) is 2.58. The van der Waals surface area contributed by atoms with E-state index in [9.17, 15) is 9.59 Å². The molecule has 9 heteroatoms. The second-order valence-electron chi connectivity index (χ2n) is 7.34. The number of carbonyl (C=O) groups is 2.